The Balaban J connectivity index is 4.14. The van der Waals surface area contributed by atoms with Crippen LogP contribution in [0, 0.1) is 0 Å². The van der Waals surface area contributed by atoms with Crippen LogP contribution in [0.25, 0.3) is 0 Å². The monoisotopic (exact) mass is 1180 g/mol. The minimum absolute atomic E-state index is 0.131. The van der Waals surface area contributed by atoms with Crippen LogP contribution < -0.4 is 5.11 Å². The van der Waals surface area contributed by atoms with Gasteiger partial charge in [-0.2, -0.15) is 0 Å². The van der Waals surface area contributed by atoms with Crippen LogP contribution in [0.3, 0.4) is 0 Å². The first kappa shape index (κ1) is 80.2. The molecule has 2 atom stereocenters. The van der Waals surface area contributed by atoms with Crippen LogP contribution in [0.4, 0.5) is 0 Å². The van der Waals surface area contributed by atoms with Gasteiger partial charge in [-0.1, -0.05) is 282 Å². The molecule has 0 aliphatic rings. The topological polar surface area (TPSA) is 111 Å². The number of nitrogens with zero attached hydrogens (tertiary/aromatic N) is 1. The summed E-state index contributed by atoms with van der Waals surface area (Å²) in [5, 5.41) is 11.8. The normalized spacial score (nSPS) is 13.7. The standard InChI is InChI=1S/C76H125NO8/c1-6-8-10-12-14-16-18-20-22-24-26-28-30-31-32-33-34-35-36-37-38-39-40-41-42-43-45-46-48-50-52-54-56-58-60-62-64-66-73(78)83-70-72(71-84-76(75(80)81)82-69-68-77(3,4)5)85-74(79)67-65-63-61-59-57-55-53-51-49-47-44-29-27-25-23-21-19-17-15-13-11-9-7-2/h8-11,14-17,20-23,26-29,31-32,47,49,53,55,59,61,72,76H,6-7,12-13,18-19,24-25,30,33-46,48,50-52,54,56-58,60,62-71H2,1-5H3/b10-8-,11-9-,16-14-,17-15-,22-20-,23-21-,28-26-,29-27-,32-31-,49-47-,55-53-,61-59-. The van der Waals surface area contributed by atoms with E-state index in [0.29, 0.717) is 23.9 Å². The van der Waals surface area contributed by atoms with Gasteiger partial charge in [-0.05, 0) is 109 Å². The highest BCUT2D eigenvalue weighted by Gasteiger charge is 2.22. The number of esters is 2. The minimum atomic E-state index is -1.65. The zero-order valence-electron chi connectivity index (χ0n) is 54.9. The summed E-state index contributed by atoms with van der Waals surface area (Å²) in [7, 11) is 5.90. The van der Waals surface area contributed by atoms with Crippen LogP contribution in [-0.4, -0.2) is 82.3 Å². The predicted molar refractivity (Wildman–Crippen MR) is 361 cm³/mol. The quantitative estimate of drug-likeness (QED) is 0.0195. The van der Waals surface area contributed by atoms with E-state index in [4.69, 9.17) is 18.9 Å². The van der Waals surface area contributed by atoms with Crippen molar-refractivity contribution in [1.29, 1.82) is 0 Å². The molecule has 0 aromatic heterocycles. The molecule has 0 rings (SSSR count). The lowest BCUT2D eigenvalue weighted by atomic mass is 10.0. The maximum atomic E-state index is 12.9. The largest absolute Gasteiger partial charge is 0.545 e. The predicted octanol–water partition coefficient (Wildman–Crippen LogP) is 19.8. The molecule has 0 saturated heterocycles. The number of rotatable bonds is 61. The van der Waals surface area contributed by atoms with E-state index in [1.54, 1.807) is 0 Å². The van der Waals surface area contributed by atoms with Crippen molar-refractivity contribution in [3.8, 4) is 0 Å². The molecule has 0 spiro atoms. The second-order valence-electron chi connectivity index (χ2n) is 23.3. The summed E-state index contributed by atoms with van der Waals surface area (Å²) in [6, 6.07) is 0. The molecule has 482 valence electrons. The number of ether oxygens (including phenoxy) is 4. The minimum Gasteiger partial charge on any atom is -0.545 e. The summed E-state index contributed by atoms with van der Waals surface area (Å²) in [6.45, 7) is 4.45. The number of carboxylic acid groups (broad SMARTS) is 1. The number of aliphatic carboxylic acids is 1. The summed E-state index contributed by atoms with van der Waals surface area (Å²) < 4.78 is 22.7. The number of hydrogen-bond donors (Lipinski definition) is 0. The van der Waals surface area contributed by atoms with Gasteiger partial charge in [0.25, 0.3) is 0 Å². The molecule has 0 aromatic carbocycles. The molecule has 0 aliphatic heterocycles. The van der Waals surface area contributed by atoms with E-state index < -0.39 is 24.3 Å². The smallest absolute Gasteiger partial charge is 0.306 e. The highest BCUT2D eigenvalue weighted by atomic mass is 16.7. The molecule has 0 heterocycles. The molecule has 0 bridgehead atoms. The van der Waals surface area contributed by atoms with E-state index in [9.17, 15) is 19.5 Å². The summed E-state index contributed by atoms with van der Waals surface area (Å²) in [6.07, 6.45) is 92.3. The fourth-order valence-electron chi connectivity index (χ4n) is 8.97. The third kappa shape index (κ3) is 66.5. The van der Waals surface area contributed by atoms with E-state index in [0.717, 1.165) is 96.3 Å². The number of hydrogen-bond acceptors (Lipinski definition) is 8. The van der Waals surface area contributed by atoms with E-state index >= 15 is 0 Å². The Labute approximate surface area is 522 Å². The summed E-state index contributed by atoms with van der Waals surface area (Å²) in [5.41, 5.74) is 0. The number of unbranched alkanes of at least 4 members (excludes halogenated alkanes) is 22. The second kappa shape index (κ2) is 65.2. The Morgan fingerprint density at radius 1 is 0.353 bits per heavy atom. The molecule has 85 heavy (non-hydrogen) atoms. The van der Waals surface area contributed by atoms with Crippen LogP contribution >= 0.6 is 0 Å². The third-order valence-corrected chi connectivity index (χ3v) is 14.1. The molecule has 0 N–H and O–H groups in total. The molecule has 9 heteroatoms. The first-order valence-electron chi connectivity index (χ1n) is 34.0. The van der Waals surface area contributed by atoms with Crippen LogP contribution in [-0.2, 0) is 33.3 Å². The van der Waals surface area contributed by atoms with E-state index in [1.807, 2.05) is 21.1 Å². The molecule has 0 saturated carbocycles. The van der Waals surface area contributed by atoms with Gasteiger partial charge in [0, 0.05) is 12.8 Å². The fraction of sp³-hybridized carbons (Fsp3) is 0.645. The van der Waals surface area contributed by atoms with Crippen molar-refractivity contribution in [2.45, 2.75) is 270 Å². The highest BCUT2D eigenvalue weighted by Crippen LogP contribution is 2.17. The number of likely N-dealkylation sites (N-methyl/N-ethyl adjacent to an activating group) is 1. The third-order valence-electron chi connectivity index (χ3n) is 14.1. The maximum Gasteiger partial charge on any atom is 0.306 e. The van der Waals surface area contributed by atoms with Crippen LogP contribution in [0.15, 0.2) is 146 Å². The molecule has 0 aromatic rings. The Bertz CT molecular complexity index is 1900. The first-order chi connectivity index (χ1) is 41.6. The van der Waals surface area contributed by atoms with Gasteiger partial charge in [0.2, 0.25) is 0 Å². The molecule has 2 unspecified atom stereocenters. The Morgan fingerprint density at radius 3 is 0.976 bits per heavy atom. The number of carbonyl (C=O) groups excluding carboxylic acids is 3. The fourth-order valence-corrected chi connectivity index (χ4v) is 8.97. The highest BCUT2D eigenvalue weighted by molar-refractivity contribution is 5.70. The number of quaternary nitrogens is 1. The Kier molecular flexibility index (Phi) is 61.4. The van der Waals surface area contributed by atoms with Crippen molar-refractivity contribution in [3.05, 3.63) is 146 Å². The molecule has 9 nitrogen and oxygen atoms in total. The SMILES string of the molecule is CC/C=C\C/C=C\C/C=C\C/C=C\C/C=C\C/C=C\C/C=C\CCCC(=O)OC(COC(=O)CCCCCCCCCCCCCCCCCCCCCCC/C=C\C/C=C\C/C=C\C/C=C\C/C=C\CC)COC(OCC[N+](C)(C)C)C(=O)[O-]. The van der Waals surface area contributed by atoms with Gasteiger partial charge in [0.1, 0.15) is 13.2 Å². The van der Waals surface area contributed by atoms with Gasteiger partial charge < -0.3 is 33.3 Å². The summed E-state index contributed by atoms with van der Waals surface area (Å²) >= 11 is 0. The van der Waals surface area contributed by atoms with E-state index in [1.165, 1.54) is 122 Å². The summed E-state index contributed by atoms with van der Waals surface area (Å²) in [4.78, 5) is 37.4. The number of allylic oxidation sites excluding steroid dienone is 24. The van der Waals surface area contributed by atoms with E-state index in [2.05, 4.69) is 160 Å². The van der Waals surface area contributed by atoms with Gasteiger partial charge in [-0.3, -0.25) is 9.59 Å². The van der Waals surface area contributed by atoms with Gasteiger partial charge in [0.15, 0.2) is 12.4 Å². The zero-order chi connectivity index (χ0) is 61.9. The Hall–Kier alpha value is -4.83. The van der Waals surface area contributed by atoms with Crippen molar-refractivity contribution in [3.63, 3.8) is 0 Å². The average Bonchev–Trinajstić information content (AvgIpc) is 3.49. The zero-order valence-corrected chi connectivity index (χ0v) is 54.9. The van der Waals surface area contributed by atoms with Crippen molar-refractivity contribution in [2.75, 3.05) is 47.5 Å². The van der Waals surface area contributed by atoms with Crippen molar-refractivity contribution in [1.82, 2.24) is 0 Å². The molecule has 0 radical (unpaired) electrons. The lowest BCUT2D eigenvalue weighted by molar-refractivity contribution is -0.870. The Morgan fingerprint density at radius 2 is 0.647 bits per heavy atom. The van der Waals surface area contributed by atoms with E-state index in [-0.39, 0.29) is 38.6 Å². The number of carbonyl (C=O) groups is 3. The maximum absolute atomic E-state index is 12.9. The number of carboxylic acids is 1. The molecular weight excluding hydrogens is 1050 g/mol. The first-order valence-corrected chi connectivity index (χ1v) is 34.0. The second-order valence-corrected chi connectivity index (χ2v) is 23.3. The summed E-state index contributed by atoms with van der Waals surface area (Å²) in [5.74, 6) is -2.37. The van der Waals surface area contributed by atoms with Gasteiger partial charge in [-0.15, -0.1) is 0 Å². The average molecular weight is 1180 g/mol. The van der Waals surface area contributed by atoms with Gasteiger partial charge in [0.05, 0.1) is 40.3 Å². The van der Waals surface area contributed by atoms with Crippen molar-refractivity contribution < 1.29 is 42.9 Å². The van der Waals surface area contributed by atoms with Crippen LogP contribution in [0.5, 0.6) is 0 Å². The van der Waals surface area contributed by atoms with Crippen LogP contribution in [0.2, 0.25) is 0 Å². The van der Waals surface area contributed by atoms with Crippen molar-refractivity contribution >= 4 is 17.9 Å². The lowest BCUT2D eigenvalue weighted by Gasteiger charge is -2.26. The van der Waals surface area contributed by atoms with Gasteiger partial charge in [-0.25, -0.2) is 0 Å². The van der Waals surface area contributed by atoms with Gasteiger partial charge >= 0.3 is 11.9 Å². The molecule has 0 aliphatic carbocycles. The molecule has 0 amide bonds. The molecular formula is C76H125NO8. The van der Waals surface area contributed by atoms with Crippen LogP contribution in [0.1, 0.15) is 258 Å². The van der Waals surface area contributed by atoms with Crippen molar-refractivity contribution in [2.24, 2.45) is 0 Å². The molecule has 0 fully saturated rings. The lowest BCUT2D eigenvalue weighted by Crippen LogP contribution is -2.44.